The second-order valence-electron chi connectivity index (χ2n) is 4.58. The molecule has 3 rings (SSSR count). The molecule has 3 heterocycles. The molecule has 0 unspecified atom stereocenters. The Kier molecular flexibility index (Phi) is 4.32. The van der Waals surface area contributed by atoms with Gasteiger partial charge in [-0.05, 0) is 18.4 Å². The minimum absolute atomic E-state index is 0.272. The Balaban J connectivity index is 1.91. The minimum atomic E-state index is -0.377. The van der Waals surface area contributed by atoms with Crippen molar-refractivity contribution in [3.8, 4) is 0 Å². The summed E-state index contributed by atoms with van der Waals surface area (Å²) in [6, 6.07) is 0. The summed E-state index contributed by atoms with van der Waals surface area (Å²) >= 11 is 7.52. The topological polar surface area (TPSA) is 79.1 Å². The van der Waals surface area contributed by atoms with Gasteiger partial charge in [-0.1, -0.05) is 23.4 Å². The van der Waals surface area contributed by atoms with E-state index in [2.05, 4.69) is 15.0 Å². The number of carbonyl (C=O) groups excluding carboxylic acids is 1. The molecule has 0 N–H and O–H groups in total. The summed E-state index contributed by atoms with van der Waals surface area (Å²) in [7, 11) is 0. The molecule has 0 saturated carbocycles. The van der Waals surface area contributed by atoms with Crippen LogP contribution < -0.4 is 0 Å². The number of thioether (sulfide) groups is 1. The van der Waals surface area contributed by atoms with Crippen LogP contribution in [-0.2, 0) is 14.3 Å². The maximum Gasteiger partial charge on any atom is 0.303 e. The number of aromatic nitrogens is 4. The van der Waals surface area contributed by atoms with Crippen molar-refractivity contribution in [1.82, 2.24) is 19.5 Å². The van der Waals surface area contributed by atoms with Gasteiger partial charge in [0.05, 0.1) is 12.9 Å². The minimum Gasteiger partial charge on any atom is -0.456 e. The summed E-state index contributed by atoms with van der Waals surface area (Å²) in [6.45, 7) is 1.64. The summed E-state index contributed by atoms with van der Waals surface area (Å²) in [5.74, 6) is -0.339. The molecule has 0 fully saturated rings. The number of carbonyl (C=O) groups is 1. The molecule has 0 radical (unpaired) electrons. The molecular formula is C13H13ClN4O3S. The van der Waals surface area contributed by atoms with Crippen LogP contribution in [0.5, 0.6) is 0 Å². The second-order valence-corrected chi connectivity index (χ2v) is 5.71. The van der Waals surface area contributed by atoms with Gasteiger partial charge >= 0.3 is 5.97 Å². The van der Waals surface area contributed by atoms with E-state index in [9.17, 15) is 4.79 Å². The van der Waals surface area contributed by atoms with Crippen molar-refractivity contribution >= 4 is 40.5 Å². The van der Waals surface area contributed by atoms with E-state index < -0.39 is 0 Å². The highest BCUT2D eigenvalue weighted by molar-refractivity contribution is 7.98. The standard InChI is InChI=1S/C13H13ClN4O3S/c1-7(19)21-8-3-4-9(20-5-8)18-6-15-10-11(14)16-13(22-2)17-12(10)18/h3-4,6,8-9H,5H2,1-2H3/t8-,9+/m0/s1. The first-order valence-electron chi connectivity index (χ1n) is 6.49. The van der Waals surface area contributed by atoms with E-state index in [-0.39, 0.29) is 24.9 Å². The number of halogens is 1. The molecule has 0 amide bonds. The molecular weight excluding hydrogens is 328 g/mol. The van der Waals surface area contributed by atoms with Crippen molar-refractivity contribution < 1.29 is 14.3 Å². The summed E-state index contributed by atoms with van der Waals surface area (Å²) in [6.07, 6.45) is 6.32. The molecule has 2 aromatic rings. The van der Waals surface area contributed by atoms with Crippen LogP contribution in [0, 0.1) is 0 Å². The van der Waals surface area contributed by atoms with E-state index in [1.165, 1.54) is 18.7 Å². The van der Waals surface area contributed by atoms with E-state index in [4.69, 9.17) is 21.1 Å². The second kappa shape index (κ2) is 6.23. The third-order valence-corrected chi connectivity index (χ3v) is 3.87. The molecule has 1 aliphatic rings. The summed E-state index contributed by atoms with van der Waals surface area (Å²) < 4.78 is 12.5. The van der Waals surface area contributed by atoms with E-state index in [0.29, 0.717) is 21.5 Å². The molecule has 116 valence electrons. The van der Waals surface area contributed by atoms with E-state index >= 15 is 0 Å². The van der Waals surface area contributed by atoms with Crippen molar-refractivity contribution in [3.05, 3.63) is 23.6 Å². The third-order valence-electron chi connectivity index (χ3n) is 3.05. The van der Waals surface area contributed by atoms with Gasteiger partial charge in [0.1, 0.15) is 11.6 Å². The lowest BCUT2D eigenvalue weighted by atomic mass is 10.2. The van der Waals surface area contributed by atoms with Crippen LogP contribution in [-0.4, -0.2) is 44.5 Å². The van der Waals surface area contributed by atoms with Gasteiger partial charge in [-0.3, -0.25) is 9.36 Å². The first-order valence-corrected chi connectivity index (χ1v) is 8.10. The number of ether oxygens (including phenoxy) is 2. The summed E-state index contributed by atoms with van der Waals surface area (Å²) in [4.78, 5) is 23.8. The highest BCUT2D eigenvalue weighted by Gasteiger charge is 2.22. The van der Waals surface area contributed by atoms with Crippen LogP contribution in [0.2, 0.25) is 5.15 Å². The third kappa shape index (κ3) is 2.94. The molecule has 0 bridgehead atoms. The van der Waals surface area contributed by atoms with Gasteiger partial charge in [0, 0.05) is 6.92 Å². The fourth-order valence-electron chi connectivity index (χ4n) is 2.12. The predicted molar refractivity (Wildman–Crippen MR) is 81.8 cm³/mol. The fourth-order valence-corrected chi connectivity index (χ4v) is 2.75. The van der Waals surface area contributed by atoms with Gasteiger partial charge in [0.15, 0.2) is 22.2 Å². The lowest BCUT2D eigenvalue weighted by Gasteiger charge is -2.24. The van der Waals surface area contributed by atoms with Crippen LogP contribution >= 0.6 is 23.4 Å². The normalized spacial score (nSPS) is 21.2. The highest BCUT2D eigenvalue weighted by atomic mass is 35.5. The Hall–Kier alpha value is -1.64. The number of hydrogen-bond donors (Lipinski definition) is 0. The first kappa shape index (κ1) is 15.3. The van der Waals surface area contributed by atoms with Crippen molar-refractivity contribution in [2.45, 2.75) is 24.4 Å². The zero-order valence-electron chi connectivity index (χ0n) is 11.9. The Morgan fingerprint density at radius 3 is 2.95 bits per heavy atom. The number of imidazole rings is 1. The highest BCUT2D eigenvalue weighted by Crippen LogP contribution is 2.26. The van der Waals surface area contributed by atoms with Gasteiger partial charge in [-0.15, -0.1) is 0 Å². The molecule has 0 saturated heterocycles. The van der Waals surface area contributed by atoms with Crippen molar-refractivity contribution in [3.63, 3.8) is 0 Å². The Bertz CT molecular complexity index is 748. The number of rotatable bonds is 3. The molecule has 2 atom stereocenters. The van der Waals surface area contributed by atoms with Gasteiger partial charge in [0.25, 0.3) is 0 Å². The molecule has 9 heteroatoms. The summed E-state index contributed by atoms with van der Waals surface area (Å²) in [5, 5.41) is 0.877. The molecule has 0 aromatic carbocycles. The van der Waals surface area contributed by atoms with Gasteiger partial charge in [-0.2, -0.15) is 0 Å². The smallest absolute Gasteiger partial charge is 0.303 e. The lowest BCUT2D eigenvalue weighted by molar-refractivity contribution is -0.149. The summed E-state index contributed by atoms with van der Waals surface area (Å²) in [5.41, 5.74) is 1.13. The Morgan fingerprint density at radius 2 is 2.32 bits per heavy atom. The largest absolute Gasteiger partial charge is 0.456 e. The van der Waals surface area contributed by atoms with Crippen molar-refractivity contribution in [2.24, 2.45) is 0 Å². The first-order chi connectivity index (χ1) is 10.6. The average Bonchev–Trinajstić information content (AvgIpc) is 2.92. The van der Waals surface area contributed by atoms with Crippen molar-refractivity contribution in [1.29, 1.82) is 0 Å². The Labute approximate surface area is 135 Å². The van der Waals surface area contributed by atoms with Crippen LogP contribution in [0.15, 0.2) is 23.6 Å². The Morgan fingerprint density at radius 1 is 1.50 bits per heavy atom. The quantitative estimate of drug-likeness (QED) is 0.278. The van der Waals surface area contributed by atoms with E-state index in [1.807, 2.05) is 6.26 Å². The fraction of sp³-hybridized carbons (Fsp3) is 0.385. The maximum atomic E-state index is 10.9. The van der Waals surface area contributed by atoms with E-state index in [0.717, 1.165) is 0 Å². The monoisotopic (exact) mass is 340 g/mol. The maximum absolute atomic E-state index is 10.9. The van der Waals surface area contributed by atoms with Crippen LogP contribution in [0.4, 0.5) is 0 Å². The zero-order chi connectivity index (χ0) is 15.7. The van der Waals surface area contributed by atoms with Crippen LogP contribution in [0.3, 0.4) is 0 Å². The van der Waals surface area contributed by atoms with Crippen LogP contribution in [0.25, 0.3) is 11.2 Å². The predicted octanol–water partition coefficient (Wildman–Crippen LogP) is 2.22. The van der Waals surface area contributed by atoms with E-state index in [1.54, 1.807) is 23.0 Å². The van der Waals surface area contributed by atoms with Crippen molar-refractivity contribution in [2.75, 3.05) is 12.9 Å². The van der Waals surface area contributed by atoms with Gasteiger partial charge < -0.3 is 9.47 Å². The number of nitrogens with zero attached hydrogens (tertiary/aromatic N) is 4. The van der Waals surface area contributed by atoms with Gasteiger partial charge in [-0.25, -0.2) is 15.0 Å². The van der Waals surface area contributed by atoms with Crippen LogP contribution in [0.1, 0.15) is 13.2 Å². The molecule has 1 aliphatic heterocycles. The zero-order valence-corrected chi connectivity index (χ0v) is 13.5. The van der Waals surface area contributed by atoms with Gasteiger partial charge in [0.2, 0.25) is 0 Å². The lowest BCUT2D eigenvalue weighted by Crippen LogP contribution is -2.27. The average molecular weight is 341 g/mol. The molecule has 0 spiro atoms. The number of esters is 1. The molecule has 2 aromatic heterocycles. The molecule has 7 nitrogen and oxygen atoms in total. The molecule has 22 heavy (non-hydrogen) atoms. The number of fused-ring (bicyclic) bond motifs is 1. The number of hydrogen-bond acceptors (Lipinski definition) is 7. The SMILES string of the molecule is CSc1nc(Cl)c2ncn([C@H]3C=C[C@H](OC(C)=O)CO3)c2n1. The molecule has 0 aliphatic carbocycles.